The lowest BCUT2D eigenvalue weighted by Gasteiger charge is -2.21. The van der Waals surface area contributed by atoms with Crippen LogP contribution in [-0.2, 0) is 14.3 Å². The molecule has 1 unspecified atom stereocenters. The second kappa shape index (κ2) is 17.5. The van der Waals surface area contributed by atoms with E-state index in [1.807, 2.05) is 56.3 Å². The molecule has 0 saturated carbocycles. The first-order valence-corrected chi connectivity index (χ1v) is 17.1. The van der Waals surface area contributed by atoms with Gasteiger partial charge in [0.1, 0.15) is 11.6 Å². The molecule has 1 atom stereocenters. The Balaban J connectivity index is 1.52. The van der Waals surface area contributed by atoms with Crippen LogP contribution in [0.15, 0.2) is 81.4 Å². The number of allylic oxidation sites excluding steroid dienone is 1. The molecule has 0 bridgehead atoms. The number of rotatable bonds is 15. The van der Waals surface area contributed by atoms with Gasteiger partial charge in [-0.25, -0.2) is 19.9 Å². The largest absolute Gasteiger partial charge is 0.464 e. The molecular weight excluding hydrogens is 645 g/mol. The molecule has 3 aromatic rings. The fourth-order valence-corrected chi connectivity index (χ4v) is 6.60. The molecule has 48 heavy (non-hydrogen) atoms. The summed E-state index contributed by atoms with van der Waals surface area (Å²) in [7, 11) is 0. The number of carbonyl (C=O) groups excluding carboxylic acids is 2. The quantitative estimate of drug-likeness (QED) is 0.0740. The van der Waals surface area contributed by atoms with Crippen molar-refractivity contribution in [2.24, 2.45) is 16.1 Å². The summed E-state index contributed by atoms with van der Waals surface area (Å²) in [5.74, 6) is -0.744. The number of unbranched alkanes of at least 4 members (excludes halogenated alkanes) is 1. The van der Waals surface area contributed by atoms with E-state index in [4.69, 9.17) is 22.9 Å². The Morgan fingerprint density at radius 3 is 2.60 bits per heavy atom. The van der Waals surface area contributed by atoms with Crippen molar-refractivity contribution in [2.45, 2.75) is 46.5 Å². The number of anilines is 1. The summed E-state index contributed by atoms with van der Waals surface area (Å²) in [6.45, 7) is 22.6. The van der Waals surface area contributed by atoms with E-state index in [9.17, 15) is 14.9 Å². The van der Waals surface area contributed by atoms with Crippen molar-refractivity contribution >= 4 is 55.8 Å². The molecule has 13 heteroatoms. The lowest BCUT2D eigenvalue weighted by Crippen LogP contribution is -2.28. The molecule has 1 N–H and O–H groups in total. The highest BCUT2D eigenvalue weighted by Gasteiger charge is 2.29. The standard InChI is InChI=1S/C35H34N8O3S2/c1-6-9-13-23(7-2)34(45)46-21-20-43(8-3)29-19-18-28(48-29)41-42-35-40-30(24-14-11-10-12-15-24)27(47-35)17-16-25-31(38-5)32(39-33(25)44)26(22-36)37-4/h10-12,14-19,23H,6-9,13,20-21H2,1-3H3,(H,39,44)/b17-16+,32-26+,42-41?. The number of hydrogen-bond acceptors (Lipinski definition) is 10. The van der Waals surface area contributed by atoms with Crippen LogP contribution in [0.4, 0.5) is 15.1 Å². The maximum Gasteiger partial charge on any atom is 0.308 e. The molecular formula is C35H34N8O3S2. The van der Waals surface area contributed by atoms with Gasteiger partial charge in [0.05, 0.1) is 52.9 Å². The number of carbonyl (C=O) groups is 2. The van der Waals surface area contributed by atoms with E-state index in [1.54, 1.807) is 12.1 Å². The van der Waals surface area contributed by atoms with E-state index >= 15 is 0 Å². The van der Waals surface area contributed by atoms with E-state index < -0.39 is 5.91 Å². The Labute approximate surface area is 288 Å². The predicted molar refractivity (Wildman–Crippen MR) is 188 cm³/mol. The highest BCUT2D eigenvalue weighted by Crippen LogP contribution is 2.37. The summed E-state index contributed by atoms with van der Waals surface area (Å²) in [5.41, 5.74) is 0.990. The molecule has 0 fully saturated rings. The molecule has 4 rings (SSSR count). The van der Waals surface area contributed by atoms with Crippen LogP contribution in [0.2, 0.25) is 0 Å². The molecule has 1 aliphatic heterocycles. The van der Waals surface area contributed by atoms with Crippen LogP contribution in [0.25, 0.3) is 27.0 Å². The minimum Gasteiger partial charge on any atom is -0.464 e. The Morgan fingerprint density at radius 1 is 1.15 bits per heavy atom. The molecule has 3 heterocycles. The lowest BCUT2D eigenvalue weighted by atomic mass is 10.00. The number of azo groups is 1. The number of benzene rings is 1. The number of likely N-dealkylation sites (N-methyl/N-ethyl adjacent to an activating group) is 1. The third-order valence-corrected chi connectivity index (χ3v) is 9.41. The van der Waals surface area contributed by atoms with Crippen molar-refractivity contribution in [2.75, 3.05) is 24.6 Å². The van der Waals surface area contributed by atoms with Crippen molar-refractivity contribution in [1.82, 2.24) is 10.3 Å². The number of ether oxygens (including phenoxy) is 1. The van der Waals surface area contributed by atoms with Gasteiger partial charge in [-0.3, -0.25) is 9.59 Å². The molecule has 1 aromatic carbocycles. The zero-order valence-electron chi connectivity index (χ0n) is 26.9. The number of nitrogens with one attached hydrogen (secondary N) is 1. The van der Waals surface area contributed by atoms with E-state index in [0.717, 1.165) is 42.8 Å². The molecule has 244 valence electrons. The summed E-state index contributed by atoms with van der Waals surface area (Å²) in [5, 5.41) is 22.6. The molecule has 1 aliphatic rings. The number of nitrogens with zero attached hydrogens (tertiary/aromatic N) is 7. The highest BCUT2D eigenvalue weighted by molar-refractivity contribution is 7.19. The minimum absolute atomic E-state index is 0.0494. The number of thiophene rings is 1. The molecule has 0 saturated heterocycles. The first kappa shape index (κ1) is 35.4. The van der Waals surface area contributed by atoms with Gasteiger partial charge in [-0.15, -0.1) is 10.2 Å². The van der Waals surface area contributed by atoms with Gasteiger partial charge in [-0.1, -0.05) is 85.8 Å². The van der Waals surface area contributed by atoms with E-state index in [0.29, 0.717) is 33.9 Å². The van der Waals surface area contributed by atoms with Crippen LogP contribution in [0.5, 0.6) is 0 Å². The smallest absolute Gasteiger partial charge is 0.308 e. The number of aromatic nitrogens is 1. The molecule has 11 nitrogen and oxygen atoms in total. The molecule has 0 radical (unpaired) electrons. The lowest BCUT2D eigenvalue weighted by molar-refractivity contribution is -0.148. The Kier molecular flexibility index (Phi) is 12.9. The maximum atomic E-state index is 12.7. The van der Waals surface area contributed by atoms with Gasteiger partial charge in [0.2, 0.25) is 16.7 Å². The second-order valence-electron chi connectivity index (χ2n) is 10.5. The summed E-state index contributed by atoms with van der Waals surface area (Å²) in [6.07, 6.45) is 6.88. The fraction of sp³-hybridized carbons (Fsp3) is 0.314. The predicted octanol–water partition coefficient (Wildman–Crippen LogP) is 8.84. The molecule has 2 aromatic heterocycles. The second-order valence-corrected chi connectivity index (χ2v) is 12.5. The fourth-order valence-electron chi connectivity index (χ4n) is 4.87. The van der Waals surface area contributed by atoms with Crippen molar-refractivity contribution in [3.05, 3.63) is 98.9 Å². The van der Waals surface area contributed by atoms with Crippen LogP contribution in [-0.4, -0.2) is 36.6 Å². The molecule has 0 spiro atoms. The van der Waals surface area contributed by atoms with Gasteiger partial charge in [-0.2, -0.15) is 0 Å². The SMILES string of the molecule is [C-]#[N+]C1=C(/C=C/c2sc(N=Nc3ccc(N(CC)CCOC(=O)C(CC)CCCC)s3)nc2-c2ccccc2)C(=O)N/C1=C(\C#N)[N+]#[C-]. The maximum absolute atomic E-state index is 12.7. The zero-order valence-corrected chi connectivity index (χ0v) is 28.5. The van der Waals surface area contributed by atoms with Crippen LogP contribution in [0.3, 0.4) is 0 Å². The normalized spacial score (nSPS) is 14.5. The number of thiazole rings is 1. The van der Waals surface area contributed by atoms with Crippen LogP contribution in [0.1, 0.15) is 51.3 Å². The summed E-state index contributed by atoms with van der Waals surface area (Å²) in [4.78, 5) is 39.3. The summed E-state index contributed by atoms with van der Waals surface area (Å²) >= 11 is 2.74. The Morgan fingerprint density at radius 2 is 1.94 bits per heavy atom. The van der Waals surface area contributed by atoms with Gasteiger partial charge in [0.25, 0.3) is 5.70 Å². The van der Waals surface area contributed by atoms with Crippen molar-refractivity contribution in [3.63, 3.8) is 0 Å². The van der Waals surface area contributed by atoms with Crippen LogP contribution in [0, 0.1) is 30.4 Å². The zero-order chi connectivity index (χ0) is 34.5. The highest BCUT2D eigenvalue weighted by atomic mass is 32.1. The van der Waals surface area contributed by atoms with Gasteiger partial charge >= 0.3 is 5.97 Å². The van der Waals surface area contributed by atoms with Gasteiger partial charge < -0.3 is 15.0 Å². The average Bonchev–Trinajstić information content (AvgIpc) is 3.83. The Hall–Kier alpha value is -5.42. The summed E-state index contributed by atoms with van der Waals surface area (Å²) in [6, 6.07) is 15.1. The van der Waals surface area contributed by atoms with Crippen molar-refractivity contribution < 1.29 is 14.3 Å². The van der Waals surface area contributed by atoms with Gasteiger partial charge in [-0.05, 0) is 38.0 Å². The van der Waals surface area contributed by atoms with Crippen molar-refractivity contribution in [3.8, 4) is 17.3 Å². The number of nitriles is 1. The average molecular weight is 679 g/mol. The Bertz CT molecular complexity index is 1870. The van der Waals surface area contributed by atoms with Crippen LogP contribution < -0.4 is 10.2 Å². The van der Waals surface area contributed by atoms with E-state index in [1.165, 1.54) is 28.7 Å². The number of amides is 1. The van der Waals surface area contributed by atoms with Crippen LogP contribution >= 0.6 is 22.7 Å². The van der Waals surface area contributed by atoms with E-state index in [-0.39, 0.29) is 34.6 Å². The molecule has 1 amide bonds. The molecule has 0 aliphatic carbocycles. The topological polar surface area (TPSA) is 129 Å². The van der Waals surface area contributed by atoms with Crippen molar-refractivity contribution in [1.29, 1.82) is 5.26 Å². The minimum atomic E-state index is -0.570. The third-order valence-electron chi connectivity index (χ3n) is 7.47. The number of hydrogen-bond donors (Lipinski definition) is 1. The van der Waals surface area contributed by atoms with Gasteiger partial charge in [0, 0.05) is 17.7 Å². The first-order chi connectivity index (χ1) is 23.4. The van der Waals surface area contributed by atoms with Gasteiger partial charge in [0.15, 0.2) is 0 Å². The third kappa shape index (κ3) is 8.68. The first-order valence-electron chi connectivity index (χ1n) is 15.5. The number of esters is 1. The monoisotopic (exact) mass is 678 g/mol. The van der Waals surface area contributed by atoms with E-state index in [2.05, 4.69) is 37.1 Å². The summed E-state index contributed by atoms with van der Waals surface area (Å²) < 4.78 is 5.61.